The molecule has 0 aromatic rings. The summed E-state index contributed by atoms with van der Waals surface area (Å²) in [6.45, 7) is 0.762. The number of carbonyl (C=O) groups is 3. The van der Waals surface area contributed by atoms with Crippen LogP contribution in [-0.4, -0.2) is 393 Å². The number of ether oxygens (including phenoxy) is 14. The standard InChI is InChI=1S/C88H159N3O37/c1-6-8-10-12-14-16-18-20-21-22-23-24-25-26-27-29-31-33-35-37-39-41-60(101)91-52(53(100)40-38-36-34-32-30-28-19-17-15-13-11-9-7-2)48-115-84-73(112)70(109)76(57(45-95)121-84)123-88-75(114)81(78(59(47-97)122-88)124-82-61(89-50(4)98)67(106)64(103)54(42-92)117-82)128-87-74(113)80(66(105)56(44-94)119-87)127-83-62(90-51(5)99)79(126-85-71(110)68(107)63(102)49(3)116-85)77(58(46-96)120-83)125-86-72(111)69(108)65(104)55(43-93)118-86/h38,40,49,52-59,61-88,92-97,100,102-114H,6-37,39,41-48H2,1-5H3,(H,89,98)(H,90,99)(H,91,101)/b40-38+/t49?,52-,53+,54?,55?,56?,57?,58?,59?,61?,62?,63+,64-,65-,66-,67+,68?,69-,70+,71-,72?,73?,74?,75?,76+,77+,78-,79+,80-,81+,82-,83-,84+,85+,86-,87+,88-/m0/s1. The summed E-state index contributed by atoms with van der Waals surface area (Å²) in [5, 5.41) is 234. The molecule has 0 aromatic carbocycles. The number of amides is 3. The summed E-state index contributed by atoms with van der Waals surface area (Å²) in [6, 6.07) is -4.83. The van der Waals surface area contributed by atoms with Crippen LogP contribution in [0, 0.1) is 0 Å². The largest absolute Gasteiger partial charge is 0.394 e. The molecule has 0 saturated carbocycles. The van der Waals surface area contributed by atoms with Gasteiger partial charge in [0.2, 0.25) is 17.7 Å². The highest BCUT2D eigenvalue weighted by atomic mass is 16.8. The van der Waals surface area contributed by atoms with E-state index in [2.05, 4.69) is 29.8 Å². The van der Waals surface area contributed by atoms with Crippen molar-refractivity contribution in [1.82, 2.24) is 16.0 Å². The highest BCUT2D eigenvalue weighted by molar-refractivity contribution is 5.76. The molecular weight excluding hydrogens is 1690 g/mol. The average molecular weight is 1850 g/mol. The van der Waals surface area contributed by atoms with E-state index >= 15 is 0 Å². The van der Waals surface area contributed by atoms with E-state index in [1.54, 1.807) is 6.08 Å². The van der Waals surface area contributed by atoms with Crippen molar-refractivity contribution in [2.75, 3.05) is 46.2 Å². The van der Waals surface area contributed by atoms with E-state index < -0.39 is 285 Å². The fourth-order valence-corrected chi connectivity index (χ4v) is 17.6. The lowest BCUT2D eigenvalue weighted by Crippen LogP contribution is -2.71. The number of hydrogen-bond acceptors (Lipinski definition) is 37. The van der Waals surface area contributed by atoms with Gasteiger partial charge in [-0.3, -0.25) is 14.4 Å². The monoisotopic (exact) mass is 1850 g/mol. The van der Waals surface area contributed by atoms with Gasteiger partial charge in [0.1, 0.15) is 165 Å². The molecule has 7 fully saturated rings. The van der Waals surface area contributed by atoms with Gasteiger partial charge in [0.25, 0.3) is 0 Å². The van der Waals surface area contributed by atoms with E-state index in [-0.39, 0.29) is 12.3 Å². The highest BCUT2D eigenvalue weighted by Gasteiger charge is 2.61. The van der Waals surface area contributed by atoms with Gasteiger partial charge in [-0.15, -0.1) is 0 Å². The first kappa shape index (κ1) is 112. The molecule has 0 aromatic heterocycles. The minimum Gasteiger partial charge on any atom is -0.394 e. The van der Waals surface area contributed by atoms with Crippen molar-refractivity contribution < 1.29 is 183 Å². The fourth-order valence-electron chi connectivity index (χ4n) is 17.6. The predicted octanol–water partition coefficient (Wildman–Crippen LogP) is -1.23. The van der Waals surface area contributed by atoms with E-state index in [9.17, 15) is 117 Å². The molecule has 7 rings (SSSR count). The zero-order chi connectivity index (χ0) is 93.5. The van der Waals surface area contributed by atoms with Crippen LogP contribution in [0.15, 0.2) is 12.2 Å². The Morgan fingerprint density at radius 2 is 0.648 bits per heavy atom. The molecule has 3 amide bonds. The molecule has 7 saturated heterocycles. The van der Waals surface area contributed by atoms with Crippen LogP contribution in [0.2, 0.25) is 0 Å². The molecule has 7 aliphatic rings. The highest BCUT2D eigenvalue weighted by Crippen LogP contribution is 2.40. The van der Waals surface area contributed by atoms with Crippen LogP contribution >= 0.6 is 0 Å². The second-order valence-electron chi connectivity index (χ2n) is 35.6. The van der Waals surface area contributed by atoms with Crippen LogP contribution in [0.1, 0.15) is 253 Å². The van der Waals surface area contributed by atoms with Crippen LogP contribution < -0.4 is 16.0 Å². The first-order chi connectivity index (χ1) is 61.5. The van der Waals surface area contributed by atoms with Crippen LogP contribution in [0.4, 0.5) is 0 Å². The smallest absolute Gasteiger partial charge is 0.220 e. The molecule has 0 aliphatic carbocycles. The molecule has 40 nitrogen and oxygen atoms in total. The molecule has 748 valence electrons. The van der Waals surface area contributed by atoms with E-state index in [1.165, 1.54) is 148 Å². The van der Waals surface area contributed by atoms with Gasteiger partial charge in [-0.1, -0.05) is 219 Å². The van der Waals surface area contributed by atoms with Crippen molar-refractivity contribution in [3.63, 3.8) is 0 Å². The van der Waals surface area contributed by atoms with Crippen LogP contribution in [0.25, 0.3) is 0 Å². The van der Waals surface area contributed by atoms with Gasteiger partial charge in [-0.25, -0.2) is 0 Å². The minimum atomic E-state index is -2.47. The number of aliphatic hydroxyl groups excluding tert-OH is 20. The Morgan fingerprint density at radius 3 is 1.13 bits per heavy atom. The first-order valence-electron chi connectivity index (χ1n) is 47.3. The van der Waals surface area contributed by atoms with Crippen LogP contribution in [0.5, 0.6) is 0 Å². The number of unbranched alkanes of at least 4 members (excludes halogenated alkanes) is 31. The Balaban J connectivity index is 1.08. The maximum absolute atomic E-state index is 13.8. The fraction of sp³-hybridized carbons (Fsp3) is 0.943. The Kier molecular flexibility index (Phi) is 52.2. The summed E-state index contributed by atoms with van der Waals surface area (Å²) in [5.41, 5.74) is 0. The summed E-state index contributed by atoms with van der Waals surface area (Å²) in [7, 11) is 0. The summed E-state index contributed by atoms with van der Waals surface area (Å²) in [5.74, 6) is -2.15. The molecule has 14 unspecified atom stereocenters. The topological polar surface area (TPSA) is 621 Å². The first-order valence-corrected chi connectivity index (χ1v) is 47.3. The van der Waals surface area contributed by atoms with Gasteiger partial charge in [-0.2, -0.15) is 0 Å². The predicted molar refractivity (Wildman–Crippen MR) is 453 cm³/mol. The van der Waals surface area contributed by atoms with Crippen molar-refractivity contribution in [3.8, 4) is 0 Å². The van der Waals surface area contributed by atoms with Crippen molar-refractivity contribution >= 4 is 17.7 Å². The summed E-state index contributed by atoms with van der Waals surface area (Å²) in [4.78, 5) is 39.9. The van der Waals surface area contributed by atoms with Gasteiger partial charge in [0.05, 0.1) is 64.5 Å². The molecule has 7 heterocycles. The van der Waals surface area contributed by atoms with Crippen molar-refractivity contribution in [2.45, 2.75) is 480 Å². The van der Waals surface area contributed by atoms with Crippen LogP contribution in [-0.2, 0) is 80.7 Å². The second-order valence-corrected chi connectivity index (χ2v) is 35.6. The molecule has 128 heavy (non-hydrogen) atoms. The molecule has 37 atom stereocenters. The maximum atomic E-state index is 13.8. The number of rotatable bonds is 60. The molecule has 40 heteroatoms. The van der Waals surface area contributed by atoms with E-state index in [0.29, 0.717) is 12.8 Å². The molecular formula is C88H159N3O37. The zero-order valence-corrected chi connectivity index (χ0v) is 75.4. The number of hydrogen-bond donors (Lipinski definition) is 23. The molecule has 23 N–H and O–H groups in total. The van der Waals surface area contributed by atoms with Crippen molar-refractivity contribution in [3.05, 3.63) is 12.2 Å². The SMILES string of the molecule is CCCCCCCCCCCCC/C=C/[C@@H](O)[C@H](CO[C@@H]1OC(CO)[C@@H](O[C@@H]2OC(CO)[C@H](O[C@@H]3OC(CO)[C@H](O)[C@H](O)C3NC(C)=O)[C@H](O[C@H]3OC(CO)[C@H](O)[C@H](O[C@@H]4OC(CO)[C@@H](O[C@@H]5OC(CO)[C@H](O)[C@H](O)C5O)[C@H](O[C@H]5OC(C)[C@@H](O)C(O)[C@@H]5O)C4NC(C)=O)C3O)C2O)[C@H](O)C1O)NC(=O)CCCCCCCCCCCCCCCCCCCCCCC. The third-order valence-corrected chi connectivity index (χ3v) is 25.3. The number of aliphatic hydroxyl groups is 20. The molecule has 0 spiro atoms. The second kappa shape index (κ2) is 59.7. The van der Waals surface area contributed by atoms with E-state index in [4.69, 9.17) is 66.3 Å². The molecule has 0 radical (unpaired) electrons. The minimum absolute atomic E-state index is 0.134. The average Bonchev–Trinajstić information content (AvgIpc) is 0.770. The zero-order valence-electron chi connectivity index (χ0n) is 75.4. The Labute approximate surface area is 751 Å². The van der Waals surface area contributed by atoms with Crippen molar-refractivity contribution in [1.29, 1.82) is 0 Å². The Morgan fingerprint density at radius 1 is 0.320 bits per heavy atom. The maximum Gasteiger partial charge on any atom is 0.220 e. The van der Waals surface area contributed by atoms with Gasteiger partial charge < -0.3 is 184 Å². The quantitative estimate of drug-likeness (QED) is 0.0250. The summed E-state index contributed by atoms with van der Waals surface area (Å²) in [6.07, 6.45) is -25.6. The van der Waals surface area contributed by atoms with Crippen LogP contribution in [0.3, 0.4) is 0 Å². The normalized spacial score (nSPS) is 37.7. The molecule has 0 bridgehead atoms. The van der Waals surface area contributed by atoms with Gasteiger partial charge in [0.15, 0.2) is 44.0 Å². The number of nitrogens with one attached hydrogen (secondary N) is 3. The molecule has 7 aliphatic heterocycles. The number of carbonyl (C=O) groups excluding carboxylic acids is 3. The van der Waals surface area contributed by atoms with E-state index in [1.807, 2.05) is 6.08 Å². The van der Waals surface area contributed by atoms with Gasteiger partial charge in [0, 0.05) is 20.3 Å². The van der Waals surface area contributed by atoms with E-state index in [0.717, 1.165) is 71.6 Å². The van der Waals surface area contributed by atoms with Crippen molar-refractivity contribution in [2.24, 2.45) is 0 Å². The Bertz CT molecular complexity index is 3020. The van der Waals surface area contributed by atoms with Gasteiger partial charge >= 0.3 is 0 Å². The lowest BCUT2D eigenvalue weighted by Gasteiger charge is -2.52. The summed E-state index contributed by atoms with van der Waals surface area (Å²) >= 11 is 0. The third-order valence-electron chi connectivity index (χ3n) is 25.3. The third kappa shape index (κ3) is 33.9. The Hall–Kier alpha value is -3.21. The summed E-state index contributed by atoms with van der Waals surface area (Å²) < 4.78 is 85.4. The van der Waals surface area contributed by atoms with Gasteiger partial charge in [-0.05, 0) is 26.2 Å². The lowest BCUT2D eigenvalue weighted by atomic mass is 9.93. The lowest BCUT2D eigenvalue weighted by molar-refractivity contribution is -0.404. The number of allylic oxidation sites excluding steroid dienone is 1.